The highest BCUT2D eigenvalue weighted by Crippen LogP contribution is 2.36. The van der Waals surface area contributed by atoms with Gasteiger partial charge in [0.2, 0.25) is 0 Å². The lowest BCUT2D eigenvalue weighted by Gasteiger charge is -2.09. The average Bonchev–Trinajstić information content (AvgIpc) is 3.08. The van der Waals surface area contributed by atoms with E-state index in [-0.39, 0.29) is 0 Å². The molecule has 0 aliphatic heterocycles. The van der Waals surface area contributed by atoms with Gasteiger partial charge < -0.3 is 15.8 Å². The van der Waals surface area contributed by atoms with Crippen molar-refractivity contribution in [3.8, 4) is 5.75 Å². The molecule has 6 nitrogen and oxygen atoms in total. The molecule has 2 aromatic heterocycles. The van der Waals surface area contributed by atoms with E-state index in [0.29, 0.717) is 16.5 Å². The van der Waals surface area contributed by atoms with Gasteiger partial charge in [-0.05, 0) is 37.3 Å². The van der Waals surface area contributed by atoms with E-state index >= 15 is 0 Å². The van der Waals surface area contributed by atoms with E-state index in [2.05, 4.69) is 51.5 Å². The fourth-order valence-electron chi connectivity index (χ4n) is 2.46. The van der Waals surface area contributed by atoms with Gasteiger partial charge in [-0.1, -0.05) is 40.8 Å². The maximum absolute atomic E-state index is 6.30. The molecule has 0 saturated carbocycles. The quantitative estimate of drug-likeness (QED) is 0.466. The van der Waals surface area contributed by atoms with Crippen LogP contribution in [-0.4, -0.2) is 22.1 Å². The molecular weight excluding hydrogens is 378 g/mol. The number of aromatic nitrogens is 3. The van der Waals surface area contributed by atoms with E-state index in [1.165, 1.54) is 35.0 Å². The van der Waals surface area contributed by atoms with Crippen LogP contribution in [0.1, 0.15) is 5.56 Å². The Balaban J connectivity index is 1.59. The van der Waals surface area contributed by atoms with Crippen molar-refractivity contribution in [1.29, 1.82) is 0 Å². The van der Waals surface area contributed by atoms with E-state index in [1.54, 1.807) is 7.11 Å². The number of fused-ring (bicyclic) bond motifs is 1. The van der Waals surface area contributed by atoms with Crippen molar-refractivity contribution in [3.63, 3.8) is 0 Å². The Morgan fingerprint density at radius 3 is 2.70 bits per heavy atom. The van der Waals surface area contributed by atoms with Crippen LogP contribution in [0.25, 0.3) is 10.2 Å². The molecule has 0 fully saturated rings. The van der Waals surface area contributed by atoms with Gasteiger partial charge in [-0.15, -0.1) is 0 Å². The lowest BCUT2D eigenvalue weighted by molar-refractivity contribution is 0.415. The first-order chi connectivity index (χ1) is 13.1. The van der Waals surface area contributed by atoms with Gasteiger partial charge in [-0.3, -0.25) is 0 Å². The van der Waals surface area contributed by atoms with Crippen LogP contribution in [0.3, 0.4) is 0 Å². The molecule has 0 unspecified atom stereocenters. The van der Waals surface area contributed by atoms with Crippen LogP contribution >= 0.6 is 23.1 Å². The van der Waals surface area contributed by atoms with Gasteiger partial charge in [0, 0.05) is 4.90 Å². The molecule has 0 saturated heterocycles. The van der Waals surface area contributed by atoms with Crippen LogP contribution in [0.4, 0.5) is 16.6 Å². The molecule has 0 spiro atoms. The van der Waals surface area contributed by atoms with Crippen LogP contribution < -0.4 is 15.8 Å². The molecule has 8 heteroatoms. The van der Waals surface area contributed by atoms with Crippen LogP contribution in [0.2, 0.25) is 0 Å². The number of ether oxygens (including phenoxy) is 1. The minimum Gasteiger partial charge on any atom is -0.497 e. The maximum atomic E-state index is 6.30. The summed E-state index contributed by atoms with van der Waals surface area (Å²) in [5.41, 5.74) is 8.90. The Labute approximate surface area is 164 Å². The molecule has 136 valence electrons. The number of nitrogens with two attached hydrogens (primary N) is 1. The Morgan fingerprint density at radius 2 is 1.93 bits per heavy atom. The van der Waals surface area contributed by atoms with Crippen LogP contribution in [0, 0.1) is 6.92 Å². The molecule has 27 heavy (non-hydrogen) atoms. The molecule has 3 N–H and O–H groups in total. The number of nitrogens with zero attached hydrogens (tertiary/aromatic N) is 3. The summed E-state index contributed by atoms with van der Waals surface area (Å²) in [5, 5.41) is 4.64. The number of aryl methyl sites for hydroxylation is 1. The monoisotopic (exact) mass is 395 g/mol. The van der Waals surface area contributed by atoms with E-state index < -0.39 is 0 Å². The Morgan fingerprint density at radius 1 is 1.11 bits per heavy atom. The topological polar surface area (TPSA) is 86.0 Å². The number of nitrogen functional groups attached to an aromatic ring is 1. The molecular formula is C19H17N5OS2. The fraction of sp³-hybridized carbons (Fsp3) is 0.105. The summed E-state index contributed by atoms with van der Waals surface area (Å²) < 4.78 is 6.29. The van der Waals surface area contributed by atoms with Gasteiger partial charge in [-0.2, -0.15) is 0 Å². The van der Waals surface area contributed by atoms with Gasteiger partial charge in [0.25, 0.3) is 0 Å². The van der Waals surface area contributed by atoms with Gasteiger partial charge in [0.15, 0.2) is 10.9 Å². The van der Waals surface area contributed by atoms with Gasteiger partial charge in [0.1, 0.15) is 22.8 Å². The molecule has 0 radical (unpaired) electrons. The fourth-order valence-corrected chi connectivity index (χ4v) is 4.16. The maximum Gasteiger partial charge on any atom is 0.189 e. The van der Waals surface area contributed by atoms with Crippen molar-refractivity contribution in [1.82, 2.24) is 15.0 Å². The first kappa shape index (κ1) is 17.6. The second kappa shape index (κ2) is 7.42. The van der Waals surface area contributed by atoms with Crippen LogP contribution in [0.15, 0.2) is 58.7 Å². The number of thiazole rings is 1. The number of nitrogens with one attached hydrogen (secondary N) is 1. The SMILES string of the molecule is COc1ccc2nc(Nc3ncnc(Sc4ccc(C)cc4)c3N)sc2c1. The van der Waals surface area contributed by atoms with Crippen molar-refractivity contribution in [2.75, 3.05) is 18.2 Å². The van der Waals surface area contributed by atoms with Crippen LogP contribution in [-0.2, 0) is 0 Å². The van der Waals surface area contributed by atoms with Crippen molar-refractivity contribution in [2.45, 2.75) is 16.8 Å². The third-order valence-electron chi connectivity index (χ3n) is 3.90. The van der Waals surface area contributed by atoms with Crippen molar-refractivity contribution < 1.29 is 4.74 Å². The largest absolute Gasteiger partial charge is 0.497 e. The minimum atomic E-state index is 0.500. The smallest absolute Gasteiger partial charge is 0.189 e. The summed E-state index contributed by atoms with van der Waals surface area (Å²) in [6, 6.07) is 14.0. The molecule has 0 aliphatic rings. The molecule has 0 amide bonds. The molecule has 0 aliphatic carbocycles. The lowest BCUT2D eigenvalue weighted by atomic mass is 10.2. The second-order valence-electron chi connectivity index (χ2n) is 5.83. The molecule has 4 aromatic rings. The third kappa shape index (κ3) is 3.81. The zero-order chi connectivity index (χ0) is 18.8. The zero-order valence-electron chi connectivity index (χ0n) is 14.8. The second-order valence-corrected chi connectivity index (χ2v) is 7.93. The van der Waals surface area contributed by atoms with Crippen molar-refractivity contribution >= 4 is 50.0 Å². The van der Waals surface area contributed by atoms with Crippen molar-refractivity contribution in [2.24, 2.45) is 0 Å². The van der Waals surface area contributed by atoms with E-state index in [0.717, 1.165) is 26.0 Å². The predicted octanol–water partition coefficient (Wildman–Crippen LogP) is 4.88. The molecule has 0 bridgehead atoms. The summed E-state index contributed by atoms with van der Waals surface area (Å²) in [7, 11) is 1.65. The number of hydrogen-bond acceptors (Lipinski definition) is 8. The first-order valence-electron chi connectivity index (χ1n) is 8.19. The predicted molar refractivity (Wildman–Crippen MR) is 111 cm³/mol. The first-order valence-corrected chi connectivity index (χ1v) is 9.82. The molecule has 4 rings (SSSR count). The Kier molecular flexibility index (Phi) is 4.83. The van der Waals surface area contributed by atoms with E-state index in [9.17, 15) is 0 Å². The average molecular weight is 396 g/mol. The highest BCUT2D eigenvalue weighted by molar-refractivity contribution is 7.99. The summed E-state index contributed by atoms with van der Waals surface area (Å²) in [5.74, 6) is 1.35. The van der Waals surface area contributed by atoms with E-state index in [1.807, 2.05) is 18.2 Å². The lowest BCUT2D eigenvalue weighted by Crippen LogP contribution is -2.02. The highest BCUT2D eigenvalue weighted by atomic mass is 32.2. The zero-order valence-corrected chi connectivity index (χ0v) is 16.4. The standard InChI is InChI=1S/C19H17N5OS2/c1-11-3-6-13(7-4-11)26-18-16(20)17(21-10-22-18)24-19-23-14-8-5-12(25-2)9-15(14)27-19/h3-10H,20H2,1-2H3,(H,21,22,23,24). The number of anilines is 3. The van der Waals surface area contributed by atoms with Crippen molar-refractivity contribution in [3.05, 3.63) is 54.4 Å². The number of benzene rings is 2. The normalized spacial score (nSPS) is 10.9. The molecule has 2 aromatic carbocycles. The summed E-state index contributed by atoms with van der Waals surface area (Å²) in [6.07, 6.45) is 1.51. The summed E-state index contributed by atoms with van der Waals surface area (Å²) in [6.45, 7) is 2.06. The third-order valence-corrected chi connectivity index (χ3v) is 5.86. The van der Waals surface area contributed by atoms with Crippen LogP contribution in [0.5, 0.6) is 5.75 Å². The summed E-state index contributed by atoms with van der Waals surface area (Å²) >= 11 is 3.02. The van der Waals surface area contributed by atoms with Gasteiger partial charge >= 0.3 is 0 Å². The molecule has 0 atom stereocenters. The number of methoxy groups -OCH3 is 1. The Bertz CT molecular complexity index is 1100. The summed E-state index contributed by atoms with van der Waals surface area (Å²) in [4.78, 5) is 14.2. The van der Waals surface area contributed by atoms with Gasteiger partial charge in [0.05, 0.1) is 17.3 Å². The highest BCUT2D eigenvalue weighted by Gasteiger charge is 2.12. The van der Waals surface area contributed by atoms with E-state index in [4.69, 9.17) is 10.5 Å². The number of rotatable bonds is 5. The van der Waals surface area contributed by atoms with Gasteiger partial charge in [-0.25, -0.2) is 15.0 Å². The Hall–Kier alpha value is -2.84. The molecule has 2 heterocycles. The minimum absolute atomic E-state index is 0.500. The number of hydrogen-bond donors (Lipinski definition) is 2.